The number of nitrogens with zero attached hydrogens (tertiary/aromatic N) is 2. The lowest BCUT2D eigenvalue weighted by molar-refractivity contribution is -0.133. The largest absolute Gasteiger partial charge is 0.350 e. The van der Waals surface area contributed by atoms with Crippen molar-refractivity contribution in [2.24, 2.45) is 0 Å². The predicted octanol–water partition coefficient (Wildman–Crippen LogP) is 1.65. The summed E-state index contributed by atoms with van der Waals surface area (Å²) in [5.74, 6) is -2.30. The van der Waals surface area contributed by atoms with Crippen LogP contribution in [0.2, 0.25) is 0 Å². The fraction of sp³-hybridized carbons (Fsp3) is 0.300. The summed E-state index contributed by atoms with van der Waals surface area (Å²) < 4.78 is 52.0. The van der Waals surface area contributed by atoms with Crippen LogP contribution in [0.3, 0.4) is 0 Å². The van der Waals surface area contributed by atoms with Crippen molar-refractivity contribution in [3.05, 3.63) is 65.7 Å². The number of carbonyl (C=O) groups is 2. The van der Waals surface area contributed by atoms with E-state index in [1.807, 2.05) is 0 Å². The molecule has 0 aromatic heterocycles. The van der Waals surface area contributed by atoms with Gasteiger partial charge in [0.1, 0.15) is 17.2 Å². The van der Waals surface area contributed by atoms with Crippen LogP contribution in [0.25, 0.3) is 0 Å². The van der Waals surface area contributed by atoms with Crippen molar-refractivity contribution in [1.29, 1.82) is 0 Å². The molecule has 2 aromatic rings. The van der Waals surface area contributed by atoms with E-state index in [1.54, 1.807) is 0 Å². The first kappa shape index (κ1) is 21.8. The molecule has 0 radical (unpaired) electrons. The van der Waals surface area contributed by atoms with Gasteiger partial charge in [-0.05, 0) is 42.8 Å². The highest BCUT2D eigenvalue weighted by Crippen LogP contribution is 2.31. The molecule has 1 atom stereocenters. The molecule has 0 bridgehead atoms. The number of piperazine rings is 1. The lowest BCUT2D eigenvalue weighted by Gasteiger charge is -2.46. The zero-order chi connectivity index (χ0) is 22.1. The number of anilines is 1. The van der Waals surface area contributed by atoms with Gasteiger partial charge in [-0.25, -0.2) is 17.2 Å². The lowest BCUT2D eigenvalue weighted by Crippen LogP contribution is -2.70. The quantitative estimate of drug-likeness (QED) is 0.771. The summed E-state index contributed by atoms with van der Waals surface area (Å²) in [4.78, 5) is 27.1. The molecule has 1 saturated heterocycles. The lowest BCUT2D eigenvalue weighted by atomic mass is 9.94. The SMILES string of the molecule is C[C@@]1(C(=O)NCc2ccc(F)cc2)CN(S(C)(=O)=O)CC(=O)N1c1cccc(F)c1. The Morgan fingerprint density at radius 1 is 1.13 bits per heavy atom. The van der Waals surface area contributed by atoms with E-state index in [-0.39, 0.29) is 18.8 Å². The van der Waals surface area contributed by atoms with E-state index in [9.17, 15) is 26.8 Å². The third-order valence-corrected chi connectivity index (χ3v) is 6.13. The second kappa shape index (κ2) is 8.11. The smallest absolute Gasteiger partial charge is 0.247 e. The summed E-state index contributed by atoms with van der Waals surface area (Å²) in [6.07, 6.45) is 0.953. The van der Waals surface area contributed by atoms with E-state index < -0.39 is 45.6 Å². The summed E-state index contributed by atoms with van der Waals surface area (Å²) >= 11 is 0. The van der Waals surface area contributed by atoms with Crippen LogP contribution in [0.1, 0.15) is 12.5 Å². The molecule has 0 unspecified atom stereocenters. The Labute approximate surface area is 173 Å². The molecule has 2 amide bonds. The van der Waals surface area contributed by atoms with E-state index in [4.69, 9.17) is 0 Å². The van der Waals surface area contributed by atoms with Gasteiger partial charge in [-0.2, -0.15) is 4.31 Å². The van der Waals surface area contributed by atoms with Gasteiger partial charge in [0.05, 0.1) is 12.8 Å². The Bertz CT molecular complexity index is 1080. The van der Waals surface area contributed by atoms with Gasteiger partial charge in [-0.3, -0.25) is 14.5 Å². The molecule has 1 aliphatic rings. The Hall–Kier alpha value is -2.85. The Balaban J connectivity index is 1.95. The van der Waals surface area contributed by atoms with Crippen molar-refractivity contribution in [3.8, 4) is 0 Å². The van der Waals surface area contributed by atoms with E-state index in [1.165, 1.54) is 49.4 Å². The number of hydrogen-bond acceptors (Lipinski definition) is 4. The minimum absolute atomic E-state index is 0.0404. The van der Waals surface area contributed by atoms with Gasteiger partial charge in [-0.1, -0.05) is 18.2 Å². The summed E-state index contributed by atoms with van der Waals surface area (Å²) in [7, 11) is -3.76. The molecule has 1 aliphatic heterocycles. The van der Waals surface area contributed by atoms with Gasteiger partial charge < -0.3 is 5.32 Å². The van der Waals surface area contributed by atoms with Crippen molar-refractivity contribution < 1.29 is 26.8 Å². The summed E-state index contributed by atoms with van der Waals surface area (Å²) in [6.45, 7) is 0.700. The Morgan fingerprint density at radius 2 is 1.80 bits per heavy atom. The maximum absolute atomic E-state index is 13.8. The van der Waals surface area contributed by atoms with Gasteiger partial charge in [0.15, 0.2) is 0 Å². The van der Waals surface area contributed by atoms with Crippen LogP contribution in [0, 0.1) is 11.6 Å². The van der Waals surface area contributed by atoms with Crippen molar-refractivity contribution >= 4 is 27.5 Å². The van der Waals surface area contributed by atoms with Gasteiger partial charge in [-0.15, -0.1) is 0 Å². The third-order valence-electron chi connectivity index (χ3n) is 4.93. The normalized spacial score (nSPS) is 20.3. The molecule has 0 spiro atoms. The molecular weight excluding hydrogens is 416 g/mol. The first-order chi connectivity index (χ1) is 14.0. The summed E-state index contributed by atoms with van der Waals surface area (Å²) in [6, 6.07) is 10.7. The molecule has 2 aromatic carbocycles. The molecule has 7 nitrogen and oxygen atoms in total. The number of amides is 2. The molecule has 1 heterocycles. The fourth-order valence-electron chi connectivity index (χ4n) is 3.39. The van der Waals surface area contributed by atoms with Crippen LogP contribution < -0.4 is 10.2 Å². The average molecular weight is 437 g/mol. The standard InChI is InChI=1S/C20H21F2N3O4S/c1-20(19(27)23-11-14-6-8-15(21)9-7-14)13-24(30(2,28)29)12-18(26)25(20)17-5-3-4-16(22)10-17/h3-10H,11-13H2,1-2H3,(H,23,27)/t20-/m0/s1. The molecule has 1 fully saturated rings. The maximum Gasteiger partial charge on any atom is 0.247 e. The van der Waals surface area contributed by atoms with Gasteiger partial charge in [0.25, 0.3) is 0 Å². The zero-order valence-electron chi connectivity index (χ0n) is 16.4. The van der Waals surface area contributed by atoms with Crippen LogP contribution in [-0.4, -0.2) is 49.4 Å². The van der Waals surface area contributed by atoms with Crippen molar-refractivity contribution in [2.45, 2.75) is 19.0 Å². The van der Waals surface area contributed by atoms with Crippen molar-refractivity contribution in [1.82, 2.24) is 9.62 Å². The van der Waals surface area contributed by atoms with E-state index in [2.05, 4.69) is 5.32 Å². The van der Waals surface area contributed by atoms with E-state index in [0.29, 0.717) is 5.56 Å². The monoisotopic (exact) mass is 437 g/mol. The predicted molar refractivity (Wildman–Crippen MR) is 107 cm³/mol. The maximum atomic E-state index is 13.8. The average Bonchev–Trinajstić information content (AvgIpc) is 2.66. The molecule has 30 heavy (non-hydrogen) atoms. The van der Waals surface area contributed by atoms with Crippen LogP contribution in [0.4, 0.5) is 14.5 Å². The third kappa shape index (κ3) is 4.49. The molecule has 10 heteroatoms. The van der Waals surface area contributed by atoms with Crippen LogP contribution in [0.15, 0.2) is 48.5 Å². The Morgan fingerprint density at radius 3 is 2.40 bits per heavy atom. The molecule has 3 rings (SSSR count). The topological polar surface area (TPSA) is 86.8 Å². The molecule has 0 saturated carbocycles. The highest BCUT2D eigenvalue weighted by Gasteiger charge is 2.50. The zero-order valence-corrected chi connectivity index (χ0v) is 17.2. The molecule has 1 N–H and O–H groups in total. The van der Waals surface area contributed by atoms with E-state index in [0.717, 1.165) is 21.5 Å². The van der Waals surface area contributed by atoms with Gasteiger partial charge in [0, 0.05) is 18.8 Å². The summed E-state index contributed by atoms with van der Waals surface area (Å²) in [5.41, 5.74) is -0.868. The first-order valence-electron chi connectivity index (χ1n) is 9.07. The second-order valence-electron chi connectivity index (χ2n) is 7.32. The van der Waals surface area contributed by atoms with Crippen molar-refractivity contribution in [2.75, 3.05) is 24.2 Å². The van der Waals surface area contributed by atoms with Crippen molar-refractivity contribution in [3.63, 3.8) is 0 Å². The number of rotatable bonds is 5. The van der Waals surface area contributed by atoms with E-state index >= 15 is 0 Å². The number of nitrogens with one attached hydrogen (secondary N) is 1. The number of benzene rings is 2. The van der Waals surface area contributed by atoms with Crippen LogP contribution in [0.5, 0.6) is 0 Å². The highest BCUT2D eigenvalue weighted by atomic mass is 32.2. The fourth-order valence-corrected chi connectivity index (χ4v) is 4.22. The summed E-state index contributed by atoms with van der Waals surface area (Å²) in [5, 5.41) is 2.67. The number of sulfonamides is 1. The minimum atomic E-state index is -3.76. The Kier molecular flexibility index (Phi) is 5.91. The molecular formula is C20H21F2N3O4S. The second-order valence-corrected chi connectivity index (χ2v) is 9.31. The molecule has 160 valence electrons. The van der Waals surface area contributed by atoms with Crippen LogP contribution in [-0.2, 0) is 26.2 Å². The molecule has 0 aliphatic carbocycles. The van der Waals surface area contributed by atoms with Gasteiger partial charge >= 0.3 is 0 Å². The van der Waals surface area contributed by atoms with Gasteiger partial charge in [0.2, 0.25) is 21.8 Å². The number of halogens is 2. The minimum Gasteiger partial charge on any atom is -0.350 e. The highest BCUT2D eigenvalue weighted by molar-refractivity contribution is 7.88. The number of hydrogen-bond donors (Lipinski definition) is 1. The first-order valence-corrected chi connectivity index (χ1v) is 10.9. The number of carbonyl (C=O) groups excluding carboxylic acids is 2. The van der Waals surface area contributed by atoms with Crippen LogP contribution >= 0.6 is 0 Å².